The third-order valence-corrected chi connectivity index (χ3v) is 14.0. The van der Waals surface area contributed by atoms with Crippen LogP contribution in [-0.2, 0) is 42.9 Å². The molecule has 12 nitrogen and oxygen atoms in total. The summed E-state index contributed by atoms with van der Waals surface area (Å²) in [4.78, 5) is 63.7. The second kappa shape index (κ2) is 12.5. The Kier molecular flexibility index (Phi) is 9.65. The number of ether oxygens (including phenoxy) is 4. The van der Waals surface area contributed by atoms with Crippen molar-refractivity contribution in [2.75, 3.05) is 7.11 Å². The first-order valence-electron chi connectivity index (χ1n) is 17.5. The van der Waals surface area contributed by atoms with Crippen LogP contribution in [0, 0.1) is 40.4 Å². The largest absolute Gasteiger partial charge is 0.467 e. The van der Waals surface area contributed by atoms with Gasteiger partial charge in [-0.05, 0) is 126 Å². The van der Waals surface area contributed by atoms with E-state index in [9.17, 15) is 39.3 Å². The third kappa shape index (κ3) is 5.06. The highest BCUT2D eigenvalue weighted by molar-refractivity contribution is 6.07. The molecule has 12 heteroatoms. The Bertz CT molecular complexity index is 1350. The molecule has 0 aromatic heterocycles. The highest BCUT2D eigenvalue weighted by atomic mass is 16.7. The Morgan fingerprint density at radius 1 is 0.771 bits per heavy atom. The molecular formula is C36H54O12. The van der Waals surface area contributed by atoms with Gasteiger partial charge in [0, 0.05) is 6.92 Å². The number of carbonyl (C=O) groups is 5. The van der Waals surface area contributed by atoms with Crippen molar-refractivity contribution in [2.24, 2.45) is 40.4 Å². The summed E-state index contributed by atoms with van der Waals surface area (Å²) in [7, 11) is 0.971. The van der Waals surface area contributed by atoms with Crippen molar-refractivity contribution in [3.63, 3.8) is 0 Å². The van der Waals surface area contributed by atoms with Crippen LogP contribution in [-0.4, -0.2) is 93.1 Å². The second-order valence-electron chi connectivity index (χ2n) is 16.0. The van der Waals surface area contributed by atoms with E-state index in [1.54, 1.807) is 6.92 Å². The van der Waals surface area contributed by atoms with Crippen molar-refractivity contribution < 1.29 is 58.2 Å². The van der Waals surface area contributed by atoms with Gasteiger partial charge in [-0.2, -0.15) is 0 Å². The normalized spacial score (nSPS) is 47.5. The molecule has 0 aromatic carbocycles. The molecule has 0 amide bonds. The lowest BCUT2D eigenvalue weighted by atomic mass is 9.44. The minimum Gasteiger partial charge on any atom is -0.467 e. The Morgan fingerprint density at radius 2 is 1.38 bits per heavy atom. The van der Waals surface area contributed by atoms with Crippen molar-refractivity contribution in [2.45, 2.75) is 148 Å². The number of methoxy groups -OCH3 is 1. The number of carbonyl (C=O) groups excluding carboxylic acids is 5. The van der Waals surface area contributed by atoms with Crippen LogP contribution in [0.25, 0.3) is 0 Å². The average Bonchev–Trinajstić information content (AvgIpc) is 3.37. The fourth-order valence-corrected chi connectivity index (χ4v) is 11.5. The first-order chi connectivity index (χ1) is 22.2. The van der Waals surface area contributed by atoms with Crippen molar-refractivity contribution in [1.82, 2.24) is 0 Å². The first kappa shape index (κ1) is 37.0. The predicted octanol–water partition coefficient (Wildman–Crippen LogP) is 2.84. The average molecular weight is 679 g/mol. The van der Waals surface area contributed by atoms with Crippen LogP contribution in [0.2, 0.25) is 0 Å². The quantitative estimate of drug-likeness (QED) is 0.320. The summed E-state index contributed by atoms with van der Waals surface area (Å²) < 4.78 is 22.4. The van der Waals surface area contributed by atoms with E-state index >= 15 is 0 Å². The Hall–Kier alpha value is -2.25. The standard InChI is InChI=1S/C36H54O12/c1-18(46-31-35(43,20(3)38)36(44,21(4)39)34(42,19(2)37)29(48-31)30(41)45-8)26-11-12-27-25-10-9-23-17-24(47-22(5)40)13-15-32(23,6)28(25)14-16-33(26,27)7/h18,23-29,31,42-44H,9-17H2,1-8H3/t18?,23?,24-,25?,26+,27?,28?,29+,31+,32-,33+,34+,35-,36-/m0/s1. The van der Waals surface area contributed by atoms with Gasteiger partial charge in [-0.1, -0.05) is 13.8 Å². The Labute approximate surface area is 282 Å². The second-order valence-corrected chi connectivity index (χ2v) is 16.0. The predicted molar refractivity (Wildman–Crippen MR) is 169 cm³/mol. The lowest BCUT2D eigenvalue weighted by Gasteiger charge is -2.61. The first-order valence-corrected chi connectivity index (χ1v) is 17.5. The van der Waals surface area contributed by atoms with Crippen LogP contribution in [0.1, 0.15) is 106 Å². The molecule has 4 aliphatic carbocycles. The van der Waals surface area contributed by atoms with E-state index < -0.39 is 58.6 Å². The molecule has 270 valence electrons. The lowest BCUT2D eigenvalue weighted by Crippen LogP contribution is -2.87. The number of Topliss-reactive ketones (excluding diaryl/α,β-unsaturated/α-hetero) is 3. The van der Waals surface area contributed by atoms with Gasteiger partial charge in [-0.3, -0.25) is 19.2 Å². The molecule has 5 fully saturated rings. The zero-order chi connectivity index (χ0) is 35.8. The molecular weight excluding hydrogens is 624 g/mol. The van der Waals surface area contributed by atoms with Crippen LogP contribution in [0.15, 0.2) is 0 Å². The van der Waals surface area contributed by atoms with Crippen molar-refractivity contribution in [1.29, 1.82) is 0 Å². The third-order valence-electron chi connectivity index (χ3n) is 14.0. The smallest absolute Gasteiger partial charge is 0.338 e. The van der Waals surface area contributed by atoms with Crippen LogP contribution < -0.4 is 0 Å². The monoisotopic (exact) mass is 678 g/mol. The van der Waals surface area contributed by atoms with Gasteiger partial charge in [-0.25, -0.2) is 4.79 Å². The highest BCUT2D eigenvalue weighted by Gasteiger charge is 2.80. The maximum Gasteiger partial charge on any atom is 0.338 e. The van der Waals surface area contributed by atoms with E-state index in [-0.39, 0.29) is 28.8 Å². The van der Waals surface area contributed by atoms with Gasteiger partial charge in [-0.15, -0.1) is 0 Å². The van der Waals surface area contributed by atoms with E-state index in [0.29, 0.717) is 23.7 Å². The van der Waals surface area contributed by atoms with Crippen LogP contribution in [0.3, 0.4) is 0 Å². The Morgan fingerprint density at radius 3 is 1.94 bits per heavy atom. The molecule has 48 heavy (non-hydrogen) atoms. The number of rotatable bonds is 8. The number of aliphatic hydroxyl groups is 3. The highest BCUT2D eigenvalue weighted by Crippen LogP contribution is 2.68. The SMILES string of the molecule is COC(=O)[C@H]1O[C@@H](OC(C)[C@H]2CCC3C4CCC5C[C@@H](OC(C)=O)CC[C@]5(C)C4CC[C@@]32C)[C@@](O)(C(C)=O)[C@](O)(C(C)=O)[C@@]1(O)C(C)=O. The van der Waals surface area contributed by atoms with Gasteiger partial charge >= 0.3 is 11.9 Å². The zero-order valence-corrected chi connectivity index (χ0v) is 29.6. The maximum atomic E-state index is 13.2. The van der Waals surface area contributed by atoms with Gasteiger partial charge < -0.3 is 34.3 Å². The van der Waals surface area contributed by atoms with Gasteiger partial charge in [0.1, 0.15) is 6.10 Å². The molecule has 5 aliphatic rings. The molecule has 4 saturated carbocycles. The minimum atomic E-state index is -3.50. The number of hydrogen-bond donors (Lipinski definition) is 3. The summed E-state index contributed by atoms with van der Waals surface area (Å²) in [6.07, 6.45) is 3.63. The summed E-state index contributed by atoms with van der Waals surface area (Å²) in [6, 6.07) is 0. The van der Waals surface area contributed by atoms with E-state index in [4.69, 9.17) is 18.9 Å². The van der Waals surface area contributed by atoms with Crippen molar-refractivity contribution >= 4 is 29.3 Å². The molecule has 3 N–H and O–H groups in total. The molecule has 0 aromatic rings. The number of hydrogen-bond acceptors (Lipinski definition) is 12. The molecule has 0 bridgehead atoms. The Balaban J connectivity index is 1.41. The molecule has 1 aliphatic heterocycles. The van der Waals surface area contributed by atoms with Crippen LogP contribution in [0.5, 0.6) is 0 Å². The summed E-state index contributed by atoms with van der Waals surface area (Å²) in [5.41, 5.74) is -10.1. The summed E-state index contributed by atoms with van der Waals surface area (Å²) in [5.74, 6) is -3.43. The number of ketones is 3. The van der Waals surface area contributed by atoms with Gasteiger partial charge in [0.05, 0.1) is 13.2 Å². The molecule has 0 radical (unpaired) electrons. The van der Waals surface area contributed by atoms with E-state index in [2.05, 4.69) is 13.8 Å². The van der Waals surface area contributed by atoms with E-state index in [1.165, 1.54) is 6.92 Å². The molecule has 1 saturated heterocycles. The number of fused-ring (bicyclic) bond motifs is 5. The fraction of sp³-hybridized carbons (Fsp3) is 0.861. The van der Waals surface area contributed by atoms with Gasteiger partial charge in [0.2, 0.25) is 11.2 Å². The topological polar surface area (TPSA) is 183 Å². The summed E-state index contributed by atoms with van der Waals surface area (Å²) >= 11 is 0. The van der Waals surface area contributed by atoms with Gasteiger partial charge in [0.25, 0.3) is 0 Å². The molecule has 1 heterocycles. The summed E-state index contributed by atoms with van der Waals surface area (Å²) in [6.45, 7) is 10.5. The zero-order valence-electron chi connectivity index (χ0n) is 29.6. The molecule has 0 spiro atoms. The summed E-state index contributed by atoms with van der Waals surface area (Å²) in [5, 5.41) is 35.4. The van der Waals surface area contributed by atoms with Crippen LogP contribution in [0.4, 0.5) is 0 Å². The molecule has 5 rings (SSSR count). The number of esters is 2. The molecule has 5 unspecified atom stereocenters. The van der Waals surface area contributed by atoms with Crippen molar-refractivity contribution in [3.05, 3.63) is 0 Å². The van der Waals surface area contributed by atoms with Crippen molar-refractivity contribution in [3.8, 4) is 0 Å². The van der Waals surface area contributed by atoms with Crippen LogP contribution >= 0.6 is 0 Å². The fourth-order valence-electron chi connectivity index (χ4n) is 11.5. The van der Waals surface area contributed by atoms with E-state index in [1.807, 2.05) is 0 Å². The molecule has 14 atom stereocenters. The minimum absolute atomic E-state index is 0.0126. The maximum absolute atomic E-state index is 13.2. The van der Waals surface area contributed by atoms with Gasteiger partial charge in [0.15, 0.2) is 35.3 Å². The van der Waals surface area contributed by atoms with E-state index in [0.717, 1.165) is 85.7 Å². The lowest BCUT2D eigenvalue weighted by molar-refractivity contribution is -0.370.